The number of carboxylic acid groups (broad SMARTS) is 1. The van der Waals surface area contributed by atoms with Crippen LogP contribution in [0.5, 0.6) is 0 Å². The fourth-order valence-electron chi connectivity index (χ4n) is 0.0645. The van der Waals surface area contributed by atoms with E-state index in [9.17, 15) is 14.7 Å². The van der Waals surface area contributed by atoms with E-state index in [0.29, 0.717) is 0 Å². The number of Topliss-reactive ketones (excluding diaryl/α,β-unsaturated/α-hetero) is 1. The Bertz CT molecular complexity index is 105. The third-order valence-electron chi connectivity index (χ3n) is 0.371. The van der Waals surface area contributed by atoms with Gasteiger partial charge in [-0.15, -0.1) is 0 Å². The first-order valence-electron chi connectivity index (χ1n) is 1.53. The van der Waals surface area contributed by atoms with Crippen LogP contribution in [0.4, 0.5) is 0 Å². The van der Waals surface area contributed by atoms with Crippen LogP contribution in [0.3, 0.4) is 0 Å². The molecule has 0 heterocycles. The summed E-state index contributed by atoms with van der Waals surface area (Å²) in [6.07, 6.45) is 0. The van der Waals surface area contributed by atoms with Crippen molar-refractivity contribution in [3.8, 4) is 0 Å². The predicted molar refractivity (Wildman–Crippen MR) is 31.1 cm³/mol. The van der Waals surface area contributed by atoms with Gasteiger partial charge in [0.25, 0.3) is 0 Å². The van der Waals surface area contributed by atoms with Crippen LogP contribution in [0.15, 0.2) is 0 Å². The molecular weight excluding hydrogens is 171 g/mol. The van der Waals surface area contributed by atoms with E-state index >= 15 is 0 Å². The molecule has 0 amide bonds. The van der Waals surface area contributed by atoms with Gasteiger partial charge in [-0.05, 0) is 0 Å². The van der Waals surface area contributed by atoms with Crippen molar-refractivity contribution in [2.45, 2.75) is 0 Å². The second-order valence-corrected chi connectivity index (χ2v) is 1.18. The Morgan fingerprint density at radius 1 is 1.30 bits per heavy atom. The summed E-state index contributed by atoms with van der Waals surface area (Å²) >= 11 is 3.38. The topological polar surface area (TPSA) is 120 Å². The van der Waals surface area contributed by atoms with Crippen LogP contribution < -0.4 is 34.7 Å². The average molecular weight is 178 g/mol. The molecule has 0 bridgehead atoms. The molecule has 0 aliphatic carbocycles. The van der Waals surface area contributed by atoms with Crippen LogP contribution in [0.25, 0.3) is 0 Å². The maximum atomic E-state index is 9.77. The van der Waals surface area contributed by atoms with Gasteiger partial charge in [0.05, 0.1) is 5.75 Å². The molecule has 0 rings (SSSR count). The van der Waals surface area contributed by atoms with Crippen LogP contribution in [-0.4, -0.2) is 28.5 Å². The normalized spacial score (nSPS) is 5.70. The van der Waals surface area contributed by atoms with E-state index in [-0.39, 0.29) is 46.3 Å². The van der Waals surface area contributed by atoms with Crippen molar-refractivity contribution in [3.05, 3.63) is 0 Å². The van der Waals surface area contributed by atoms with Crippen molar-refractivity contribution in [1.82, 2.24) is 0 Å². The Morgan fingerprint density at radius 2 is 1.60 bits per heavy atom. The predicted octanol–water partition coefficient (Wildman–Crippen LogP) is -6.41. The summed E-state index contributed by atoms with van der Waals surface area (Å²) in [6, 6.07) is 0. The van der Waals surface area contributed by atoms with Gasteiger partial charge >= 0.3 is 29.6 Å². The zero-order valence-electron chi connectivity index (χ0n) is 5.38. The Kier molecular flexibility index (Phi) is 27.2. The Morgan fingerprint density at radius 3 is 1.60 bits per heavy atom. The van der Waals surface area contributed by atoms with Crippen LogP contribution in [0.1, 0.15) is 0 Å². The van der Waals surface area contributed by atoms with E-state index in [0.717, 1.165) is 0 Å². The largest absolute Gasteiger partial charge is 1.00 e. The third-order valence-corrected chi connectivity index (χ3v) is 0.658. The summed E-state index contributed by atoms with van der Waals surface area (Å²) in [4.78, 5) is 19.2. The number of carbonyl (C=O) groups excluding carboxylic acids is 2. The van der Waals surface area contributed by atoms with Crippen molar-refractivity contribution in [2.75, 3.05) is 5.75 Å². The van der Waals surface area contributed by atoms with Gasteiger partial charge in [-0.1, -0.05) is 0 Å². The van der Waals surface area contributed by atoms with Gasteiger partial charge < -0.3 is 20.9 Å². The molecule has 5 nitrogen and oxygen atoms in total. The number of thiol groups is 1. The Balaban J connectivity index is -0.0000000600. The molecule has 0 aromatic carbocycles. The summed E-state index contributed by atoms with van der Waals surface area (Å²) in [6.45, 7) is 0. The monoisotopic (exact) mass is 178 g/mol. The van der Waals surface area contributed by atoms with Crippen molar-refractivity contribution >= 4 is 24.4 Å². The molecule has 0 unspecified atom stereocenters. The molecule has 4 N–H and O–H groups in total. The van der Waals surface area contributed by atoms with E-state index in [2.05, 4.69) is 12.6 Å². The maximum absolute atomic E-state index is 9.77. The molecule has 0 aromatic heterocycles. The van der Waals surface area contributed by atoms with Gasteiger partial charge in [0.1, 0.15) is 5.97 Å². The van der Waals surface area contributed by atoms with Crippen LogP contribution in [0, 0.1) is 0 Å². The number of carbonyl (C=O) groups is 2. The Hall–Kier alpha value is 0.410. The number of hydrogen-bond donors (Lipinski definition) is 1. The second kappa shape index (κ2) is 12.1. The molecule has 10 heavy (non-hydrogen) atoms. The summed E-state index contributed by atoms with van der Waals surface area (Å²) in [5.41, 5.74) is 0. The first-order chi connectivity index (χ1) is 3.18. The number of rotatable bonds is 2. The minimum Gasteiger partial charge on any atom is -0.542 e. The first kappa shape index (κ1) is 22.4. The minimum atomic E-state index is -1.67. The van der Waals surface area contributed by atoms with E-state index in [1.165, 1.54) is 0 Å². The van der Waals surface area contributed by atoms with Crippen LogP contribution in [-0.2, 0) is 9.59 Å². The quantitative estimate of drug-likeness (QED) is 0.257. The van der Waals surface area contributed by atoms with E-state index in [1.54, 1.807) is 0 Å². The summed E-state index contributed by atoms with van der Waals surface area (Å²) in [5.74, 6) is -2.94. The molecule has 0 fully saturated rings. The summed E-state index contributed by atoms with van der Waals surface area (Å²) < 4.78 is 0. The van der Waals surface area contributed by atoms with Gasteiger partial charge in [0, 0.05) is 0 Å². The molecule has 0 aliphatic rings. The number of carboxylic acids is 1. The van der Waals surface area contributed by atoms with Crippen LogP contribution in [0.2, 0.25) is 0 Å². The van der Waals surface area contributed by atoms with Gasteiger partial charge in [0.2, 0.25) is 0 Å². The number of hydrogen-bond acceptors (Lipinski definition) is 4. The molecule has 0 saturated carbocycles. The van der Waals surface area contributed by atoms with Gasteiger partial charge in [0.15, 0.2) is 5.78 Å². The zero-order chi connectivity index (χ0) is 5.86. The van der Waals surface area contributed by atoms with Crippen molar-refractivity contribution in [2.24, 2.45) is 0 Å². The van der Waals surface area contributed by atoms with Crippen molar-refractivity contribution in [3.63, 3.8) is 0 Å². The molecule has 0 spiro atoms. The number of aliphatic carboxylic acids is 1. The average Bonchev–Trinajstić information content (AvgIpc) is 1.65. The zero-order valence-corrected chi connectivity index (χ0v) is 8.27. The SMILES string of the molecule is O.O.O=C([O-])C(=O)CS.[Na+]. The molecule has 0 atom stereocenters. The molecule has 0 aliphatic heterocycles. The molecule has 0 saturated heterocycles. The molecular formula is C3H7NaO5S. The first-order valence-corrected chi connectivity index (χ1v) is 2.16. The van der Waals surface area contributed by atoms with Crippen LogP contribution >= 0.6 is 12.6 Å². The van der Waals surface area contributed by atoms with Crippen molar-refractivity contribution < 1.29 is 55.2 Å². The Labute approximate surface area is 85.1 Å². The maximum Gasteiger partial charge on any atom is 1.00 e. The van der Waals surface area contributed by atoms with Gasteiger partial charge in [-0.25, -0.2) is 0 Å². The summed E-state index contributed by atoms with van der Waals surface area (Å²) in [5, 5.41) is 9.42. The molecule has 56 valence electrons. The van der Waals surface area contributed by atoms with Gasteiger partial charge in [-0.3, -0.25) is 4.79 Å². The smallest absolute Gasteiger partial charge is 0.542 e. The fourth-order valence-corrected chi connectivity index (χ4v) is 0.194. The molecule has 0 aromatic rings. The van der Waals surface area contributed by atoms with E-state index < -0.39 is 11.8 Å². The molecule has 7 heteroatoms. The van der Waals surface area contributed by atoms with E-state index in [4.69, 9.17) is 0 Å². The second-order valence-electron chi connectivity index (χ2n) is 0.869. The van der Waals surface area contributed by atoms with E-state index in [1.807, 2.05) is 0 Å². The fraction of sp³-hybridized carbons (Fsp3) is 0.333. The number of ketones is 1. The minimum absolute atomic E-state index is 0. The standard InChI is InChI=1S/C3H4O3S.Na.2H2O/c4-2(1-7)3(5)6;;;/h7H,1H2,(H,5,6);;2*1H2/q;+1;;/p-1. The molecule has 0 radical (unpaired) electrons. The van der Waals surface area contributed by atoms with Gasteiger partial charge in [-0.2, -0.15) is 12.6 Å². The third kappa shape index (κ3) is 11.2. The van der Waals surface area contributed by atoms with Crippen molar-refractivity contribution in [1.29, 1.82) is 0 Å². The summed E-state index contributed by atoms with van der Waals surface area (Å²) in [7, 11) is 0.